The number of piperazine rings is 1. The summed E-state index contributed by atoms with van der Waals surface area (Å²) in [7, 11) is 1.53. The van der Waals surface area contributed by atoms with Crippen LogP contribution < -0.4 is 4.74 Å². The van der Waals surface area contributed by atoms with Crippen molar-refractivity contribution < 1.29 is 28.6 Å². The van der Waals surface area contributed by atoms with Crippen molar-refractivity contribution in [3.8, 4) is 22.8 Å². The lowest BCUT2D eigenvalue weighted by molar-refractivity contribution is -0.150. The molecule has 4 rings (SSSR count). The second-order valence-corrected chi connectivity index (χ2v) is 9.94. The molecule has 1 aliphatic rings. The molecule has 0 bridgehead atoms. The van der Waals surface area contributed by atoms with Crippen molar-refractivity contribution >= 4 is 18.0 Å². The molecule has 0 saturated carbocycles. The molecule has 0 N–H and O–H groups in total. The Hall–Kier alpha value is -4.41. The Balaban J connectivity index is 1.67. The van der Waals surface area contributed by atoms with Crippen LogP contribution in [0.1, 0.15) is 38.2 Å². The first-order chi connectivity index (χ1) is 18.6. The van der Waals surface area contributed by atoms with Gasteiger partial charge in [0.05, 0.1) is 37.8 Å². The molecule has 11 heteroatoms. The van der Waals surface area contributed by atoms with Gasteiger partial charge in [-0.25, -0.2) is 19.3 Å². The SMILES string of the molecule is CCOC(=O)C1CN(C(=O)OC(C)(C)C)CCN1C(=O)c1cc(-c2ccccc2)n(-c2ccc(OC)nc2)n1. The van der Waals surface area contributed by atoms with Gasteiger partial charge in [0, 0.05) is 24.7 Å². The van der Waals surface area contributed by atoms with Crippen LogP contribution in [0.5, 0.6) is 5.88 Å². The van der Waals surface area contributed by atoms with Crippen LogP contribution in [0.3, 0.4) is 0 Å². The lowest BCUT2D eigenvalue weighted by Gasteiger charge is -2.39. The van der Waals surface area contributed by atoms with Gasteiger partial charge in [0.2, 0.25) is 5.88 Å². The van der Waals surface area contributed by atoms with E-state index in [1.807, 2.05) is 30.3 Å². The van der Waals surface area contributed by atoms with Crippen LogP contribution in [-0.4, -0.2) is 87.5 Å². The van der Waals surface area contributed by atoms with Crippen molar-refractivity contribution in [1.29, 1.82) is 0 Å². The van der Waals surface area contributed by atoms with Gasteiger partial charge in [-0.05, 0) is 39.8 Å². The zero-order chi connectivity index (χ0) is 28.2. The molecule has 206 valence electrons. The molecule has 0 radical (unpaired) electrons. The zero-order valence-corrected chi connectivity index (χ0v) is 22.8. The molecule has 3 aromatic rings. The number of rotatable bonds is 6. The normalized spacial score (nSPS) is 15.6. The molecule has 0 aliphatic carbocycles. The third-order valence-corrected chi connectivity index (χ3v) is 6.02. The summed E-state index contributed by atoms with van der Waals surface area (Å²) in [4.78, 5) is 46.6. The minimum absolute atomic E-state index is 0.0475. The summed E-state index contributed by atoms with van der Waals surface area (Å²) in [6, 6.07) is 13.7. The van der Waals surface area contributed by atoms with Gasteiger partial charge in [-0.1, -0.05) is 30.3 Å². The molecule has 11 nitrogen and oxygen atoms in total. The maximum atomic E-state index is 13.8. The number of benzene rings is 1. The molecule has 1 aliphatic heterocycles. The first-order valence-corrected chi connectivity index (χ1v) is 12.7. The molecule has 3 heterocycles. The molecule has 2 aromatic heterocycles. The lowest BCUT2D eigenvalue weighted by Crippen LogP contribution is -2.60. The number of hydrogen-bond donors (Lipinski definition) is 0. The second kappa shape index (κ2) is 11.5. The van der Waals surface area contributed by atoms with Crippen LogP contribution >= 0.6 is 0 Å². The first kappa shape index (κ1) is 27.6. The van der Waals surface area contributed by atoms with E-state index in [9.17, 15) is 14.4 Å². The summed E-state index contributed by atoms with van der Waals surface area (Å²) >= 11 is 0. The van der Waals surface area contributed by atoms with Crippen LogP contribution in [0.4, 0.5) is 4.79 Å². The Morgan fingerprint density at radius 1 is 1.05 bits per heavy atom. The molecule has 1 aromatic carbocycles. The van der Waals surface area contributed by atoms with Crippen molar-refractivity contribution in [2.45, 2.75) is 39.3 Å². The van der Waals surface area contributed by atoms with Crippen molar-refractivity contribution in [1.82, 2.24) is 24.6 Å². The average Bonchev–Trinajstić information content (AvgIpc) is 3.37. The monoisotopic (exact) mass is 535 g/mol. The van der Waals surface area contributed by atoms with Gasteiger partial charge in [0.1, 0.15) is 11.6 Å². The number of esters is 1. The zero-order valence-electron chi connectivity index (χ0n) is 22.8. The van der Waals surface area contributed by atoms with Crippen molar-refractivity contribution in [3.63, 3.8) is 0 Å². The van der Waals surface area contributed by atoms with Crippen LogP contribution in [0, 0.1) is 0 Å². The fraction of sp³-hybridized carbons (Fsp3) is 0.393. The number of ether oxygens (including phenoxy) is 3. The summed E-state index contributed by atoms with van der Waals surface area (Å²) in [5, 5.41) is 4.62. The third-order valence-electron chi connectivity index (χ3n) is 6.02. The minimum atomic E-state index is -1.01. The summed E-state index contributed by atoms with van der Waals surface area (Å²) in [6.07, 6.45) is 1.06. The number of nitrogens with zero attached hydrogens (tertiary/aromatic N) is 5. The van der Waals surface area contributed by atoms with E-state index in [0.29, 0.717) is 17.3 Å². The number of amides is 2. The van der Waals surface area contributed by atoms with Gasteiger partial charge in [0.25, 0.3) is 5.91 Å². The number of carbonyl (C=O) groups excluding carboxylic acids is 3. The smallest absolute Gasteiger partial charge is 0.410 e. The summed E-state index contributed by atoms with van der Waals surface area (Å²) < 4.78 is 17.5. The fourth-order valence-corrected chi connectivity index (χ4v) is 4.22. The van der Waals surface area contributed by atoms with E-state index in [1.165, 1.54) is 16.9 Å². The molecular formula is C28H33N5O6. The first-order valence-electron chi connectivity index (χ1n) is 12.7. The highest BCUT2D eigenvalue weighted by molar-refractivity contribution is 5.96. The number of methoxy groups -OCH3 is 1. The lowest BCUT2D eigenvalue weighted by atomic mass is 10.1. The van der Waals surface area contributed by atoms with Crippen LogP contribution in [0.15, 0.2) is 54.7 Å². The van der Waals surface area contributed by atoms with E-state index >= 15 is 0 Å². The van der Waals surface area contributed by atoms with Crippen LogP contribution in [0.25, 0.3) is 16.9 Å². The predicted octanol–water partition coefficient (Wildman–Crippen LogP) is 3.57. The molecule has 1 unspecified atom stereocenters. The van der Waals surface area contributed by atoms with Crippen LogP contribution in [-0.2, 0) is 14.3 Å². The number of carbonyl (C=O) groups is 3. The predicted molar refractivity (Wildman–Crippen MR) is 143 cm³/mol. The van der Waals surface area contributed by atoms with Gasteiger partial charge in [-0.15, -0.1) is 0 Å². The number of aromatic nitrogens is 3. The van der Waals surface area contributed by atoms with E-state index in [4.69, 9.17) is 14.2 Å². The van der Waals surface area contributed by atoms with Crippen molar-refractivity contribution in [3.05, 3.63) is 60.4 Å². The molecule has 1 fully saturated rings. The summed E-state index contributed by atoms with van der Waals surface area (Å²) in [5.74, 6) is -0.598. The second-order valence-electron chi connectivity index (χ2n) is 9.94. The van der Waals surface area contributed by atoms with Gasteiger partial charge >= 0.3 is 12.1 Å². The molecule has 2 amide bonds. The van der Waals surface area contributed by atoms with Gasteiger partial charge in [0.15, 0.2) is 5.69 Å². The molecule has 1 saturated heterocycles. The quantitative estimate of drug-likeness (QED) is 0.440. The maximum absolute atomic E-state index is 13.8. The van der Waals surface area contributed by atoms with E-state index in [1.54, 1.807) is 56.8 Å². The summed E-state index contributed by atoms with van der Waals surface area (Å²) in [5.41, 5.74) is 1.60. The van der Waals surface area contributed by atoms with E-state index in [0.717, 1.165) is 5.56 Å². The highest BCUT2D eigenvalue weighted by Crippen LogP contribution is 2.26. The molecule has 39 heavy (non-hydrogen) atoms. The summed E-state index contributed by atoms with van der Waals surface area (Å²) in [6.45, 7) is 7.40. The van der Waals surface area contributed by atoms with Crippen molar-refractivity contribution in [2.24, 2.45) is 0 Å². The minimum Gasteiger partial charge on any atom is -0.481 e. The average molecular weight is 536 g/mol. The Morgan fingerprint density at radius 2 is 1.79 bits per heavy atom. The highest BCUT2D eigenvalue weighted by atomic mass is 16.6. The Kier molecular flexibility index (Phi) is 8.18. The van der Waals surface area contributed by atoms with E-state index in [2.05, 4.69) is 10.1 Å². The number of hydrogen-bond acceptors (Lipinski definition) is 8. The Bertz CT molecular complexity index is 1320. The van der Waals surface area contributed by atoms with Crippen LogP contribution in [0.2, 0.25) is 0 Å². The third kappa shape index (κ3) is 6.36. The highest BCUT2D eigenvalue weighted by Gasteiger charge is 2.40. The van der Waals surface area contributed by atoms with Crippen molar-refractivity contribution in [2.75, 3.05) is 33.4 Å². The van der Waals surface area contributed by atoms with Gasteiger partial charge in [-0.3, -0.25) is 4.79 Å². The fourth-order valence-electron chi connectivity index (χ4n) is 4.22. The van der Waals surface area contributed by atoms with E-state index < -0.39 is 29.6 Å². The van der Waals surface area contributed by atoms with Gasteiger partial charge in [-0.2, -0.15) is 5.10 Å². The molecule has 0 spiro atoms. The van der Waals surface area contributed by atoms with Gasteiger partial charge < -0.3 is 24.0 Å². The number of pyridine rings is 1. The molecule has 1 atom stereocenters. The topological polar surface area (TPSA) is 116 Å². The standard InChI is InChI=1S/C28H33N5O6/c1-6-38-26(35)23-18-31(27(36)39-28(2,3)4)14-15-32(23)25(34)21-16-22(19-10-8-7-9-11-19)33(30-21)20-12-13-24(37-5)29-17-20/h7-13,16-17,23H,6,14-15,18H2,1-5H3. The maximum Gasteiger partial charge on any atom is 0.410 e. The largest absolute Gasteiger partial charge is 0.481 e. The Morgan fingerprint density at radius 3 is 2.41 bits per heavy atom. The Labute approximate surface area is 227 Å². The van der Waals surface area contributed by atoms with E-state index in [-0.39, 0.29) is 31.9 Å². The molecular weight excluding hydrogens is 502 g/mol.